The number of hydrogen-bond acceptors (Lipinski definition) is 4. The second-order valence-corrected chi connectivity index (χ2v) is 5.42. The molecular formula is C11H16ClN3S. The predicted octanol–water partition coefficient (Wildman–Crippen LogP) is 2.14. The minimum atomic E-state index is 0.469. The summed E-state index contributed by atoms with van der Waals surface area (Å²) in [5, 5.41) is 0.662. The fourth-order valence-corrected chi connectivity index (χ4v) is 2.84. The van der Waals surface area contributed by atoms with E-state index in [1.54, 1.807) is 6.20 Å². The molecule has 0 aromatic carbocycles. The number of rotatable bonds is 2. The molecule has 0 atom stereocenters. The van der Waals surface area contributed by atoms with Gasteiger partial charge in [0, 0.05) is 31.6 Å². The van der Waals surface area contributed by atoms with E-state index in [1.807, 2.05) is 17.8 Å². The molecule has 1 fully saturated rings. The van der Waals surface area contributed by atoms with Crippen LogP contribution in [-0.4, -0.2) is 29.6 Å². The summed E-state index contributed by atoms with van der Waals surface area (Å²) in [5.41, 5.74) is 6.62. The fourth-order valence-electron chi connectivity index (χ4n) is 1.77. The van der Waals surface area contributed by atoms with Crippen LogP contribution in [0.1, 0.15) is 12.0 Å². The van der Waals surface area contributed by atoms with Gasteiger partial charge in [-0.2, -0.15) is 11.8 Å². The number of thioether (sulfide) groups is 1. The van der Waals surface area contributed by atoms with Crippen LogP contribution >= 0.6 is 23.4 Å². The number of pyridine rings is 1. The van der Waals surface area contributed by atoms with Crippen molar-refractivity contribution in [1.29, 1.82) is 0 Å². The lowest BCUT2D eigenvalue weighted by Crippen LogP contribution is -2.26. The summed E-state index contributed by atoms with van der Waals surface area (Å²) in [6.07, 6.45) is 2.92. The van der Waals surface area contributed by atoms with Crippen molar-refractivity contribution in [1.82, 2.24) is 4.98 Å². The molecule has 88 valence electrons. The molecule has 0 amide bonds. The van der Waals surface area contributed by atoms with E-state index in [0.29, 0.717) is 11.6 Å². The van der Waals surface area contributed by atoms with Gasteiger partial charge < -0.3 is 10.6 Å². The van der Waals surface area contributed by atoms with Crippen molar-refractivity contribution in [3.8, 4) is 0 Å². The predicted molar refractivity (Wildman–Crippen MR) is 71.3 cm³/mol. The summed E-state index contributed by atoms with van der Waals surface area (Å²) in [7, 11) is 0. The van der Waals surface area contributed by atoms with Crippen molar-refractivity contribution < 1.29 is 0 Å². The lowest BCUT2D eigenvalue weighted by atomic mass is 10.2. The van der Waals surface area contributed by atoms with Crippen LogP contribution in [0.15, 0.2) is 12.3 Å². The molecule has 16 heavy (non-hydrogen) atoms. The zero-order valence-electron chi connectivity index (χ0n) is 9.16. The molecular weight excluding hydrogens is 242 g/mol. The van der Waals surface area contributed by atoms with Gasteiger partial charge in [-0.05, 0) is 23.8 Å². The molecule has 0 spiro atoms. The van der Waals surface area contributed by atoms with Gasteiger partial charge in [0.15, 0.2) is 0 Å². The maximum atomic E-state index is 6.00. The minimum absolute atomic E-state index is 0.469. The lowest BCUT2D eigenvalue weighted by molar-refractivity contribution is 0.799. The van der Waals surface area contributed by atoms with Gasteiger partial charge in [-0.25, -0.2) is 4.98 Å². The molecule has 2 rings (SSSR count). The quantitative estimate of drug-likeness (QED) is 0.882. The lowest BCUT2D eigenvalue weighted by Gasteiger charge is -2.21. The zero-order chi connectivity index (χ0) is 11.4. The van der Waals surface area contributed by atoms with E-state index in [1.165, 1.54) is 17.9 Å². The van der Waals surface area contributed by atoms with Crippen molar-refractivity contribution in [2.75, 3.05) is 29.5 Å². The minimum Gasteiger partial charge on any atom is -0.356 e. The molecule has 1 aliphatic heterocycles. The van der Waals surface area contributed by atoms with E-state index < -0.39 is 0 Å². The van der Waals surface area contributed by atoms with Gasteiger partial charge >= 0.3 is 0 Å². The summed E-state index contributed by atoms with van der Waals surface area (Å²) in [6, 6.07) is 2.01. The second kappa shape index (κ2) is 5.75. The first-order chi connectivity index (χ1) is 7.81. The molecule has 0 radical (unpaired) electrons. The third-order valence-electron chi connectivity index (χ3n) is 2.69. The number of nitrogens with two attached hydrogens (primary N) is 1. The zero-order valence-corrected chi connectivity index (χ0v) is 10.7. The monoisotopic (exact) mass is 257 g/mol. The Hall–Kier alpha value is -0.450. The van der Waals surface area contributed by atoms with Crippen molar-refractivity contribution in [3.63, 3.8) is 0 Å². The van der Waals surface area contributed by atoms with E-state index in [9.17, 15) is 0 Å². The van der Waals surface area contributed by atoms with E-state index in [2.05, 4.69) is 9.88 Å². The molecule has 0 aliphatic carbocycles. The van der Waals surface area contributed by atoms with Gasteiger partial charge in [0.05, 0.1) is 5.02 Å². The Bertz CT molecular complexity index is 351. The standard InChI is InChI=1S/C11H16ClN3S/c12-10-8-14-11(6-9(10)7-13)15-2-1-4-16-5-3-15/h6,8H,1-5,7,13H2. The first-order valence-electron chi connectivity index (χ1n) is 5.48. The maximum absolute atomic E-state index is 6.00. The molecule has 0 saturated carbocycles. The van der Waals surface area contributed by atoms with Gasteiger partial charge in [0.2, 0.25) is 0 Å². The highest BCUT2D eigenvalue weighted by atomic mass is 35.5. The average Bonchev–Trinajstić information content (AvgIpc) is 2.58. The highest BCUT2D eigenvalue weighted by Gasteiger charge is 2.12. The summed E-state index contributed by atoms with van der Waals surface area (Å²) >= 11 is 8.01. The molecule has 1 aromatic rings. The van der Waals surface area contributed by atoms with E-state index in [4.69, 9.17) is 17.3 Å². The Labute approximate surface area is 105 Å². The normalized spacial score (nSPS) is 17.2. The number of halogens is 1. The SMILES string of the molecule is NCc1cc(N2CCCSCC2)ncc1Cl. The third-order valence-corrected chi connectivity index (χ3v) is 4.08. The Kier molecular flexibility index (Phi) is 4.32. The number of anilines is 1. The molecule has 2 heterocycles. The largest absolute Gasteiger partial charge is 0.356 e. The smallest absolute Gasteiger partial charge is 0.128 e. The average molecular weight is 258 g/mol. The molecule has 2 N–H and O–H groups in total. The van der Waals surface area contributed by atoms with Gasteiger partial charge in [-0.15, -0.1) is 0 Å². The summed E-state index contributed by atoms with van der Waals surface area (Å²) in [6.45, 7) is 2.60. The van der Waals surface area contributed by atoms with Gasteiger partial charge in [0.25, 0.3) is 0 Å². The molecule has 3 nitrogen and oxygen atoms in total. The highest BCUT2D eigenvalue weighted by Crippen LogP contribution is 2.22. The van der Waals surface area contributed by atoms with Crippen LogP contribution in [0.3, 0.4) is 0 Å². The van der Waals surface area contributed by atoms with Crippen LogP contribution < -0.4 is 10.6 Å². The Balaban J connectivity index is 2.18. The Morgan fingerprint density at radius 2 is 2.31 bits per heavy atom. The highest BCUT2D eigenvalue weighted by molar-refractivity contribution is 7.99. The fraction of sp³-hybridized carbons (Fsp3) is 0.545. The topological polar surface area (TPSA) is 42.1 Å². The molecule has 0 unspecified atom stereocenters. The number of nitrogens with zero attached hydrogens (tertiary/aromatic N) is 2. The molecule has 1 aliphatic rings. The van der Waals surface area contributed by atoms with Crippen molar-refractivity contribution in [2.24, 2.45) is 5.73 Å². The first-order valence-corrected chi connectivity index (χ1v) is 7.01. The van der Waals surface area contributed by atoms with Crippen LogP contribution in [0.5, 0.6) is 0 Å². The summed E-state index contributed by atoms with van der Waals surface area (Å²) < 4.78 is 0. The summed E-state index contributed by atoms with van der Waals surface area (Å²) in [5.74, 6) is 3.42. The molecule has 5 heteroatoms. The van der Waals surface area contributed by atoms with Crippen molar-refractivity contribution >= 4 is 29.2 Å². The van der Waals surface area contributed by atoms with E-state index in [-0.39, 0.29) is 0 Å². The maximum Gasteiger partial charge on any atom is 0.128 e. The number of hydrogen-bond donors (Lipinski definition) is 1. The molecule has 1 saturated heterocycles. The first kappa shape index (κ1) is 12.0. The van der Waals surface area contributed by atoms with Crippen LogP contribution in [0.2, 0.25) is 5.02 Å². The molecule has 1 aromatic heterocycles. The third kappa shape index (κ3) is 2.81. The Morgan fingerprint density at radius 1 is 1.44 bits per heavy atom. The number of aromatic nitrogens is 1. The van der Waals surface area contributed by atoms with E-state index >= 15 is 0 Å². The molecule has 0 bridgehead atoms. The van der Waals surface area contributed by atoms with E-state index in [0.717, 1.165) is 24.5 Å². The van der Waals surface area contributed by atoms with Gasteiger partial charge in [-0.1, -0.05) is 11.6 Å². The summed E-state index contributed by atoms with van der Waals surface area (Å²) in [4.78, 5) is 6.70. The van der Waals surface area contributed by atoms with Crippen molar-refractivity contribution in [3.05, 3.63) is 22.8 Å². The Morgan fingerprint density at radius 3 is 3.12 bits per heavy atom. The van der Waals surface area contributed by atoms with Crippen molar-refractivity contribution in [2.45, 2.75) is 13.0 Å². The second-order valence-electron chi connectivity index (χ2n) is 3.79. The van der Waals surface area contributed by atoms with Crippen LogP contribution in [-0.2, 0) is 6.54 Å². The van der Waals surface area contributed by atoms with Gasteiger partial charge in [-0.3, -0.25) is 0 Å². The van der Waals surface area contributed by atoms with Crippen LogP contribution in [0.4, 0.5) is 5.82 Å². The van der Waals surface area contributed by atoms with Gasteiger partial charge in [0.1, 0.15) is 5.82 Å². The van der Waals surface area contributed by atoms with Crippen LogP contribution in [0, 0.1) is 0 Å². The van der Waals surface area contributed by atoms with Crippen LogP contribution in [0.25, 0.3) is 0 Å².